The van der Waals surface area contributed by atoms with Crippen LogP contribution in [0.4, 0.5) is 8.78 Å². The van der Waals surface area contributed by atoms with Gasteiger partial charge >= 0.3 is 0 Å². The fourth-order valence-electron chi connectivity index (χ4n) is 1.70. The van der Waals surface area contributed by atoms with Gasteiger partial charge in [-0.3, -0.25) is 4.90 Å². The van der Waals surface area contributed by atoms with E-state index >= 15 is 0 Å². The van der Waals surface area contributed by atoms with Crippen molar-refractivity contribution in [1.29, 1.82) is 0 Å². The molecule has 0 fully saturated rings. The van der Waals surface area contributed by atoms with E-state index in [1.165, 1.54) is 6.07 Å². The second kappa shape index (κ2) is 7.35. The third-order valence-corrected chi connectivity index (χ3v) is 2.65. The molecule has 1 N–H and O–H groups in total. The van der Waals surface area contributed by atoms with Crippen LogP contribution in [-0.4, -0.2) is 29.7 Å². The van der Waals surface area contributed by atoms with E-state index in [0.717, 1.165) is 31.5 Å². The zero-order valence-electron chi connectivity index (χ0n) is 10.1. The minimum Gasteiger partial charge on any atom is -0.395 e. The summed E-state index contributed by atoms with van der Waals surface area (Å²) in [6.45, 7) is 3.70. The molecule has 1 rings (SSSR count). The van der Waals surface area contributed by atoms with Gasteiger partial charge in [-0.1, -0.05) is 13.3 Å². The van der Waals surface area contributed by atoms with Gasteiger partial charge in [0.1, 0.15) is 11.6 Å². The average Bonchev–Trinajstić information content (AvgIpc) is 2.31. The first-order chi connectivity index (χ1) is 8.17. The Morgan fingerprint density at radius 3 is 2.65 bits per heavy atom. The highest BCUT2D eigenvalue weighted by molar-refractivity contribution is 5.18. The lowest BCUT2D eigenvalue weighted by atomic mass is 10.2. The Bertz CT molecular complexity index is 344. The summed E-state index contributed by atoms with van der Waals surface area (Å²) in [5, 5.41) is 8.93. The number of unbranched alkanes of at least 4 members (excludes halogenated alkanes) is 1. The van der Waals surface area contributed by atoms with Crippen LogP contribution in [0, 0.1) is 11.6 Å². The fraction of sp³-hybridized carbons (Fsp3) is 0.538. The quantitative estimate of drug-likeness (QED) is 0.795. The summed E-state index contributed by atoms with van der Waals surface area (Å²) in [5.74, 6) is -0.827. The highest BCUT2D eigenvalue weighted by Gasteiger charge is 2.09. The molecule has 0 saturated heterocycles. The number of rotatable bonds is 7. The van der Waals surface area contributed by atoms with E-state index in [4.69, 9.17) is 5.11 Å². The zero-order chi connectivity index (χ0) is 12.7. The van der Waals surface area contributed by atoms with Gasteiger partial charge in [-0.25, -0.2) is 8.78 Å². The van der Waals surface area contributed by atoms with E-state index in [2.05, 4.69) is 6.92 Å². The first-order valence-electron chi connectivity index (χ1n) is 5.94. The molecule has 0 heterocycles. The second-order valence-corrected chi connectivity index (χ2v) is 4.09. The third kappa shape index (κ3) is 4.79. The molecule has 0 radical (unpaired) electrons. The zero-order valence-corrected chi connectivity index (χ0v) is 10.1. The third-order valence-electron chi connectivity index (χ3n) is 2.65. The SMILES string of the molecule is CCCCN(CCO)Cc1cc(F)ccc1F. The molecule has 96 valence electrons. The van der Waals surface area contributed by atoms with Crippen LogP contribution in [0.5, 0.6) is 0 Å². The standard InChI is InChI=1S/C13H19F2NO/c1-2-3-6-16(7-8-17)10-11-9-12(14)4-5-13(11)15/h4-5,9,17H,2-3,6-8,10H2,1H3. The van der Waals surface area contributed by atoms with Crippen LogP contribution in [-0.2, 0) is 6.54 Å². The lowest BCUT2D eigenvalue weighted by Crippen LogP contribution is -2.28. The lowest BCUT2D eigenvalue weighted by molar-refractivity contribution is 0.186. The van der Waals surface area contributed by atoms with Gasteiger partial charge in [0.25, 0.3) is 0 Å². The van der Waals surface area contributed by atoms with Crippen LogP contribution < -0.4 is 0 Å². The van der Waals surface area contributed by atoms with Crippen LogP contribution >= 0.6 is 0 Å². The molecule has 0 bridgehead atoms. The van der Waals surface area contributed by atoms with E-state index < -0.39 is 11.6 Å². The Morgan fingerprint density at radius 1 is 1.24 bits per heavy atom. The first kappa shape index (κ1) is 14.1. The molecule has 1 aromatic carbocycles. The number of nitrogens with zero attached hydrogens (tertiary/aromatic N) is 1. The van der Waals surface area contributed by atoms with Crippen LogP contribution in [0.2, 0.25) is 0 Å². The van der Waals surface area contributed by atoms with Crippen molar-refractivity contribution in [2.75, 3.05) is 19.7 Å². The molecule has 0 aliphatic carbocycles. The largest absolute Gasteiger partial charge is 0.395 e. The van der Waals surface area contributed by atoms with Gasteiger partial charge in [0, 0.05) is 18.7 Å². The second-order valence-electron chi connectivity index (χ2n) is 4.09. The molecule has 0 atom stereocenters. The Morgan fingerprint density at radius 2 is 2.00 bits per heavy atom. The summed E-state index contributed by atoms with van der Waals surface area (Å²) < 4.78 is 26.4. The fourth-order valence-corrected chi connectivity index (χ4v) is 1.70. The van der Waals surface area contributed by atoms with Gasteiger partial charge in [0.05, 0.1) is 6.61 Å². The molecule has 0 aliphatic rings. The van der Waals surface area contributed by atoms with Crippen molar-refractivity contribution in [1.82, 2.24) is 4.90 Å². The van der Waals surface area contributed by atoms with Crippen LogP contribution in [0.15, 0.2) is 18.2 Å². The first-order valence-corrected chi connectivity index (χ1v) is 5.94. The normalized spacial score (nSPS) is 11.1. The van der Waals surface area contributed by atoms with E-state index in [1.54, 1.807) is 0 Å². The molecule has 0 spiro atoms. The van der Waals surface area contributed by atoms with Crippen molar-refractivity contribution in [2.45, 2.75) is 26.3 Å². The van der Waals surface area contributed by atoms with Crippen LogP contribution in [0.3, 0.4) is 0 Å². The van der Waals surface area contributed by atoms with E-state index in [1.807, 2.05) is 4.90 Å². The summed E-state index contributed by atoms with van der Waals surface area (Å²) in [6, 6.07) is 3.47. The monoisotopic (exact) mass is 243 g/mol. The minimum atomic E-state index is -0.430. The number of halogens is 2. The van der Waals surface area contributed by atoms with Crippen molar-refractivity contribution in [3.8, 4) is 0 Å². The van der Waals surface area contributed by atoms with E-state index in [0.29, 0.717) is 18.7 Å². The molecule has 2 nitrogen and oxygen atoms in total. The number of hydrogen-bond acceptors (Lipinski definition) is 2. The molecule has 17 heavy (non-hydrogen) atoms. The van der Waals surface area contributed by atoms with E-state index in [-0.39, 0.29) is 6.61 Å². The topological polar surface area (TPSA) is 23.5 Å². The van der Waals surface area contributed by atoms with Crippen LogP contribution in [0.25, 0.3) is 0 Å². The Kier molecular flexibility index (Phi) is 6.08. The highest BCUT2D eigenvalue weighted by Crippen LogP contribution is 2.12. The van der Waals surface area contributed by atoms with Gasteiger partial charge in [-0.15, -0.1) is 0 Å². The summed E-state index contributed by atoms with van der Waals surface area (Å²) >= 11 is 0. The van der Waals surface area contributed by atoms with Gasteiger partial charge in [0.15, 0.2) is 0 Å². The number of benzene rings is 1. The van der Waals surface area contributed by atoms with E-state index in [9.17, 15) is 8.78 Å². The molecule has 0 amide bonds. The smallest absolute Gasteiger partial charge is 0.127 e. The maximum atomic E-state index is 13.4. The lowest BCUT2D eigenvalue weighted by Gasteiger charge is -2.21. The summed E-state index contributed by atoms with van der Waals surface area (Å²) in [5.41, 5.74) is 0.342. The van der Waals surface area contributed by atoms with Gasteiger partial charge in [0.2, 0.25) is 0 Å². The van der Waals surface area contributed by atoms with Crippen molar-refractivity contribution in [3.63, 3.8) is 0 Å². The van der Waals surface area contributed by atoms with Crippen LogP contribution in [0.1, 0.15) is 25.3 Å². The molecular weight excluding hydrogens is 224 g/mol. The maximum absolute atomic E-state index is 13.4. The molecule has 0 aliphatic heterocycles. The summed E-state index contributed by atoms with van der Waals surface area (Å²) in [6.07, 6.45) is 2.02. The van der Waals surface area contributed by atoms with Crippen molar-refractivity contribution in [2.24, 2.45) is 0 Å². The molecule has 1 aromatic rings. The predicted molar refractivity (Wildman–Crippen MR) is 63.6 cm³/mol. The Hall–Kier alpha value is -1.00. The predicted octanol–water partition coefficient (Wildman–Crippen LogP) is 2.56. The Labute approximate surface area is 101 Å². The number of aliphatic hydroxyl groups is 1. The molecule has 0 aromatic heterocycles. The summed E-state index contributed by atoms with van der Waals surface area (Å²) in [7, 11) is 0. The highest BCUT2D eigenvalue weighted by atomic mass is 19.1. The average molecular weight is 243 g/mol. The Balaban J connectivity index is 2.67. The molecule has 4 heteroatoms. The molecular formula is C13H19F2NO. The number of hydrogen-bond donors (Lipinski definition) is 1. The maximum Gasteiger partial charge on any atom is 0.127 e. The molecule has 0 unspecified atom stereocenters. The van der Waals surface area contributed by atoms with Crippen molar-refractivity contribution < 1.29 is 13.9 Å². The van der Waals surface area contributed by atoms with Crippen molar-refractivity contribution >= 4 is 0 Å². The minimum absolute atomic E-state index is 0.0284. The van der Waals surface area contributed by atoms with Gasteiger partial charge in [-0.2, -0.15) is 0 Å². The van der Waals surface area contributed by atoms with Crippen molar-refractivity contribution in [3.05, 3.63) is 35.4 Å². The van der Waals surface area contributed by atoms with Gasteiger partial charge in [-0.05, 0) is 31.2 Å². The summed E-state index contributed by atoms with van der Waals surface area (Å²) in [4.78, 5) is 1.93. The molecule has 0 saturated carbocycles. The number of aliphatic hydroxyl groups excluding tert-OH is 1. The van der Waals surface area contributed by atoms with Gasteiger partial charge < -0.3 is 5.11 Å².